The number of carboxylic acids is 1. The van der Waals surface area contributed by atoms with Crippen molar-refractivity contribution in [3.63, 3.8) is 0 Å². The van der Waals surface area contributed by atoms with Gasteiger partial charge in [0.15, 0.2) is 0 Å². The first-order chi connectivity index (χ1) is 5.92. The SMILES string of the molecule is CC(N)=NCCC(N)(CS)C(=O)O.Cl. The zero-order valence-corrected chi connectivity index (χ0v) is 9.65. The third-order valence-corrected chi connectivity index (χ3v) is 2.19. The van der Waals surface area contributed by atoms with Crippen LogP contribution in [0.4, 0.5) is 0 Å². The van der Waals surface area contributed by atoms with Crippen LogP contribution in [-0.2, 0) is 4.79 Å². The van der Waals surface area contributed by atoms with Crippen molar-refractivity contribution in [1.29, 1.82) is 0 Å². The topological polar surface area (TPSA) is 102 Å². The molecule has 1 atom stereocenters. The van der Waals surface area contributed by atoms with Crippen molar-refractivity contribution in [2.45, 2.75) is 18.9 Å². The molecule has 5 N–H and O–H groups in total. The monoisotopic (exact) mass is 241 g/mol. The van der Waals surface area contributed by atoms with Crippen LogP contribution < -0.4 is 11.5 Å². The van der Waals surface area contributed by atoms with Gasteiger partial charge >= 0.3 is 5.97 Å². The second kappa shape index (κ2) is 6.92. The predicted octanol–water partition coefficient (Wildman–Crippen LogP) is -0.113. The van der Waals surface area contributed by atoms with Gasteiger partial charge in [0.05, 0.1) is 5.84 Å². The minimum atomic E-state index is -1.30. The van der Waals surface area contributed by atoms with Gasteiger partial charge in [0.1, 0.15) is 5.54 Å². The molecular weight excluding hydrogens is 226 g/mol. The molecular formula is C7H16ClN3O2S. The number of hydrogen-bond acceptors (Lipinski definition) is 4. The summed E-state index contributed by atoms with van der Waals surface area (Å²) in [7, 11) is 0. The molecule has 84 valence electrons. The van der Waals surface area contributed by atoms with E-state index in [0.717, 1.165) is 0 Å². The van der Waals surface area contributed by atoms with Crippen LogP contribution in [-0.4, -0.2) is 34.7 Å². The predicted molar refractivity (Wildman–Crippen MR) is 62.4 cm³/mol. The van der Waals surface area contributed by atoms with Crippen molar-refractivity contribution in [3.05, 3.63) is 0 Å². The molecule has 0 saturated heterocycles. The molecule has 0 radical (unpaired) electrons. The highest BCUT2D eigenvalue weighted by Gasteiger charge is 2.31. The third-order valence-electron chi connectivity index (χ3n) is 1.63. The van der Waals surface area contributed by atoms with Crippen LogP contribution in [0, 0.1) is 0 Å². The van der Waals surface area contributed by atoms with Gasteiger partial charge in [0.2, 0.25) is 0 Å². The Balaban J connectivity index is 0. The second-order valence-electron chi connectivity index (χ2n) is 2.89. The maximum atomic E-state index is 10.7. The molecule has 0 aliphatic heterocycles. The molecule has 0 aromatic rings. The minimum absolute atomic E-state index is 0. The molecule has 0 spiro atoms. The Morgan fingerprint density at radius 2 is 2.14 bits per heavy atom. The molecule has 14 heavy (non-hydrogen) atoms. The van der Waals surface area contributed by atoms with Crippen molar-refractivity contribution >= 4 is 36.8 Å². The van der Waals surface area contributed by atoms with Crippen LogP contribution in [0.15, 0.2) is 4.99 Å². The summed E-state index contributed by atoms with van der Waals surface area (Å²) in [5.74, 6) is -0.555. The van der Waals surface area contributed by atoms with Gasteiger partial charge in [-0.15, -0.1) is 12.4 Å². The first-order valence-corrected chi connectivity index (χ1v) is 4.45. The van der Waals surface area contributed by atoms with E-state index in [0.29, 0.717) is 12.4 Å². The van der Waals surface area contributed by atoms with Gasteiger partial charge in [-0.1, -0.05) is 0 Å². The highest BCUT2D eigenvalue weighted by molar-refractivity contribution is 7.80. The summed E-state index contributed by atoms with van der Waals surface area (Å²) in [6.45, 7) is 1.95. The molecule has 0 aromatic carbocycles. The lowest BCUT2D eigenvalue weighted by atomic mass is 10.00. The molecule has 0 fully saturated rings. The average molecular weight is 242 g/mol. The van der Waals surface area contributed by atoms with Gasteiger partial charge < -0.3 is 16.6 Å². The number of carboxylic acid groups (broad SMARTS) is 1. The molecule has 5 nitrogen and oxygen atoms in total. The number of rotatable bonds is 5. The van der Waals surface area contributed by atoms with Gasteiger partial charge in [-0.25, -0.2) is 0 Å². The lowest BCUT2D eigenvalue weighted by Crippen LogP contribution is -2.50. The van der Waals surface area contributed by atoms with Crippen LogP contribution in [0.5, 0.6) is 0 Å². The van der Waals surface area contributed by atoms with Crippen molar-refractivity contribution in [2.24, 2.45) is 16.5 Å². The van der Waals surface area contributed by atoms with Crippen LogP contribution in [0.3, 0.4) is 0 Å². The van der Waals surface area contributed by atoms with Crippen molar-refractivity contribution < 1.29 is 9.90 Å². The number of hydrogen-bond donors (Lipinski definition) is 4. The Bertz CT molecular complexity index is 221. The molecule has 1 unspecified atom stereocenters. The smallest absolute Gasteiger partial charge is 0.324 e. The summed E-state index contributed by atoms with van der Waals surface area (Å²) in [4.78, 5) is 14.5. The molecule has 0 heterocycles. The van der Waals surface area contributed by atoms with E-state index in [2.05, 4.69) is 17.6 Å². The standard InChI is InChI=1S/C7H15N3O2S.ClH/c1-5(8)10-3-2-7(9,4-13)6(11)12;/h13H,2-4,9H2,1H3,(H2,8,10)(H,11,12);1H. The van der Waals surface area contributed by atoms with Crippen LogP contribution in [0.2, 0.25) is 0 Å². The summed E-state index contributed by atoms with van der Waals surface area (Å²) in [6.07, 6.45) is 0.236. The molecule has 0 aromatic heterocycles. The lowest BCUT2D eigenvalue weighted by Gasteiger charge is -2.20. The normalized spacial score (nSPS) is 15.5. The molecule has 7 heteroatoms. The number of nitrogens with two attached hydrogens (primary N) is 2. The fourth-order valence-corrected chi connectivity index (χ4v) is 0.979. The maximum absolute atomic E-state index is 10.7. The number of aliphatic carboxylic acids is 1. The van der Waals surface area contributed by atoms with Gasteiger partial charge in [-0.3, -0.25) is 9.79 Å². The summed E-state index contributed by atoms with van der Waals surface area (Å²) in [5.41, 5.74) is 9.52. The zero-order valence-electron chi connectivity index (χ0n) is 7.93. The van der Waals surface area contributed by atoms with E-state index in [4.69, 9.17) is 16.6 Å². The van der Waals surface area contributed by atoms with Gasteiger partial charge in [0, 0.05) is 12.3 Å². The molecule has 0 bridgehead atoms. The van der Waals surface area contributed by atoms with E-state index < -0.39 is 11.5 Å². The van der Waals surface area contributed by atoms with Crippen LogP contribution >= 0.6 is 25.0 Å². The van der Waals surface area contributed by atoms with E-state index in [1.165, 1.54) is 0 Å². The molecule has 0 rings (SSSR count). The van der Waals surface area contributed by atoms with Gasteiger partial charge in [0.25, 0.3) is 0 Å². The Morgan fingerprint density at radius 3 is 2.43 bits per heavy atom. The zero-order chi connectivity index (χ0) is 10.5. The van der Waals surface area contributed by atoms with E-state index in [1.54, 1.807) is 6.92 Å². The highest BCUT2D eigenvalue weighted by atomic mass is 35.5. The van der Waals surface area contributed by atoms with E-state index in [9.17, 15) is 4.79 Å². The average Bonchev–Trinajstić information content (AvgIpc) is 2.03. The van der Waals surface area contributed by atoms with Crippen LogP contribution in [0.25, 0.3) is 0 Å². The first-order valence-electron chi connectivity index (χ1n) is 3.82. The number of carbonyl (C=O) groups is 1. The van der Waals surface area contributed by atoms with Gasteiger partial charge in [-0.2, -0.15) is 12.6 Å². The molecule has 0 saturated carbocycles. The Kier molecular flexibility index (Phi) is 7.90. The van der Waals surface area contributed by atoms with Crippen molar-refractivity contribution in [1.82, 2.24) is 0 Å². The number of nitrogens with zero attached hydrogens (tertiary/aromatic N) is 1. The number of halogens is 1. The van der Waals surface area contributed by atoms with Crippen LogP contribution in [0.1, 0.15) is 13.3 Å². The summed E-state index contributed by atoms with van der Waals surface area (Å²) in [5, 5.41) is 8.74. The second-order valence-corrected chi connectivity index (χ2v) is 3.21. The summed E-state index contributed by atoms with van der Waals surface area (Å²) < 4.78 is 0. The fourth-order valence-electron chi connectivity index (χ4n) is 0.685. The Hall–Kier alpha value is -0.460. The minimum Gasteiger partial charge on any atom is -0.480 e. The summed E-state index contributed by atoms with van der Waals surface area (Å²) in [6, 6.07) is 0. The number of aliphatic imine (C=N–C) groups is 1. The molecule has 0 aliphatic rings. The lowest BCUT2D eigenvalue weighted by molar-refractivity contribution is -0.142. The number of thiol groups is 1. The third kappa shape index (κ3) is 5.31. The Labute approximate surface area is 94.8 Å². The van der Waals surface area contributed by atoms with Crippen molar-refractivity contribution in [2.75, 3.05) is 12.3 Å². The highest BCUT2D eigenvalue weighted by Crippen LogP contribution is 2.09. The first kappa shape index (κ1) is 16.0. The summed E-state index contributed by atoms with van der Waals surface area (Å²) >= 11 is 3.88. The maximum Gasteiger partial charge on any atom is 0.324 e. The van der Waals surface area contributed by atoms with Crippen molar-refractivity contribution in [3.8, 4) is 0 Å². The Morgan fingerprint density at radius 1 is 1.64 bits per heavy atom. The van der Waals surface area contributed by atoms with Gasteiger partial charge in [-0.05, 0) is 13.3 Å². The van der Waals surface area contributed by atoms with E-state index in [1.807, 2.05) is 0 Å². The fraction of sp³-hybridized carbons (Fsp3) is 0.714. The molecule has 0 amide bonds. The quantitative estimate of drug-likeness (QED) is 0.306. The van der Waals surface area contributed by atoms with E-state index in [-0.39, 0.29) is 24.6 Å². The van der Waals surface area contributed by atoms with E-state index >= 15 is 0 Å². The molecule has 0 aliphatic carbocycles. The largest absolute Gasteiger partial charge is 0.480 e. The number of amidine groups is 1.